The first kappa shape index (κ1) is 16.3. The summed E-state index contributed by atoms with van der Waals surface area (Å²) in [5.74, 6) is -1.97. The number of hydrogen-bond acceptors (Lipinski definition) is 3. The van der Waals surface area contributed by atoms with E-state index in [1.165, 1.54) is 0 Å². The fraction of sp³-hybridized carbons (Fsp3) is 0.429. The SMILES string of the molecule is O=C(O)[C@@H]1Cc2ccccc2CN1C(=O)COCC(F)(F)F. The summed E-state index contributed by atoms with van der Waals surface area (Å²) >= 11 is 0. The van der Waals surface area contributed by atoms with Crippen LogP contribution in [0.2, 0.25) is 0 Å². The van der Waals surface area contributed by atoms with Gasteiger partial charge in [0, 0.05) is 13.0 Å². The molecule has 0 spiro atoms. The van der Waals surface area contributed by atoms with Crippen molar-refractivity contribution in [3.63, 3.8) is 0 Å². The third kappa shape index (κ3) is 3.97. The first-order valence-corrected chi connectivity index (χ1v) is 6.51. The van der Waals surface area contributed by atoms with Crippen LogP contribution in [0.3, 0.4) is 0 Å². The van der Waals surface area contributed by atoms with Gasteiger partial charge in [0.25, 0.3) is 0 Å². The molecule has 1 amide bonds. The zero-order valence-corrected chi connectivity index (χ0v) is 11.5. The van der Waals surface area contributed by atoms with Crippen molar-refractivity contribution in [2.24, 2.45) is 0 Å². The molecule has 1 aromatic carbocycles. The average Bonchev–Trinajstić information content (AvgIpc) is 2.44. The standard InChI is InChI=1S/C14H14F3NO4/c15-14(16,17)8-22-7-12(19)18-6-10-4-2-1-3-9(10)5-11(18)13(20)21/h1-4,11H,5-8H2,(H,20,21)/t11-/m0/s1. The number of amides is 1. The van der Waals surface area contributed by atoms with E-state index in [0.717, 1.165) is 16.0 Å². The fourth-order valence-corrected chi connectivity index (χ4v) is 2.34. The van der Waals surface area contributed by atoms with Crippen LogP contribution in [0.4, 0.5) is 13.2 Å². The molecule has 1 atom stereocenters. The Hall–Kier alpha value is -2.09. The fourth-order valence-electron chi connectivity index (χ4n) is 2.34. The highest BCUT2D eigenvalue weighted by Gasteiger charge is 2.35. The molecule has 1 aliphatic rings. The molecule has 0 unspecified atom stereocenters. The number of halogens is 3. The maximum Gasteiger partial charge on any atom is 0.411 e. The zero-order chi connectivity index (χ0) is 16.3. The first-order chi connectivity index (χ1) is 10.3. The number of carboxylic acids is 1. The van der Waals surface area contributed by atoms with E-state index in [1.807, 2.05) is 0 Å². The van der Waals surface area contributed by atoms with E-state index < -0.39 is 37.3 Å². The Kier molecular flexibility index (Phi) is 4.70. The van der Waals surface area contributed by atoms with Crippen LogP contribution in [-0.4, -0.2) is 47.3 Å². The second kappa shape index (κ2) is 6.35. The molecule has 1 N–H and O–H groups in total. The van der Waals surface area contributed by atoms with Crippen molar-refractivity contribution < 1.29 is 32.6 Å². The van der Waals surface area contributed by atoms with Crippen molar-refractivity contribution in [3.05, 3.63) is 35.4 Å². The largest absolute Gasteiger partial charge is 0.480 e. The van der Waals surface area contributed by atoms with Crippen molar-refractivity contribution in [2.75, 3.05) is 13.2 Å². The Bertz CT molecular complexity index is 573. The number of carboxylic acid groups (broad SMARTS) is 1. The van der Waals surface area contributed by atoms with E-state index in [4.69, 9.17) is 0 Å². The predicted molar refractivity (Wildman–Crippen MR) is 69.0 cm³/mol. The van der Waals surface area contributed by atoms with E-state index in [-0.39, 0.29) is 13.0 Å². The van der Waals surface area contributed by atoms with E-state index in [2.05, 4.69) is 4.74 Å². The first-order valence-electron chi connectivity index (χ1n) is 6.51. The van der Waals surface area contributed by atoms with E-state index >= 15 is 0 Å². The molecule has 0 aliphatic carbocycles. The molecule has 0 saturated heterocycles. The normalized spacial score (nSPS) is 18.0. The van der Waals surface area contributed by atoms with Gasteiger partial charge in [-0.2, -0.15) is 13.2 Å². The molecule has 0 fully saturated rings. The van der Waals surface area contributed by atoms with Crippen LogP contribution in [0.1, 0.15) is 11.1 Å². The van der Waals surface area contributed by atoms with Crippen LogP contribution < -0.4 is 0 Å². The highest BCUT2D eigenvalue weighted by molar-refractivity contribution is 5.85. The van der Waals surface area contributed by atoms with Crippen LogP contribution in [0.5, 0.6) is 0 Å². The lowest BCUT2D eigenvalue weighted by Gasteiger charge is -2.34. The molecular formula is C14H14F3NO4. The van der Waals surface area contributed by atoms with Gasteiger partial charge in [-0.05, 0) is 11.1 Å². The van der Waals surface area contributed by atoms with Crippen LogP contribution >= 0.6 is 0 Å². The van der Waals surface area contributed by atoms with Gasteiger partial charge in [0.15, 0.2) is 0 Å². The number of hydrogen-bond donors (Lipinski definition) is 1. The summed E-state index contributed by atoms with van der Waals surface area (Å²) in [6.07, 6.45) is -4.41. The summed E-state index contributed by atoms with van der Waals surface area (Å²) in [6, 6.07) is 5.94. The van der Waals surface area contributed by atoms with Gasteiger partial charge in [-0.15, -0.1) is 0 Å². The number of nitrogens with zero attached hydrogens (tertiary/aromatic N) is 1. The minimum absolute atomic E-state index is 0.0430. The Balaban J connectivity index is 2.07. The highest BCUT2D eigenvalue weighted by atomic mass is 19.4. The van der Waals surface area contributed by atoms with Gasteiger partial charge >= 0.3 is 12.1 Å². The third-order valence-corrected chi connectivity index (χ3v) is 3.35. The smallest absolute Gasteiger partial charge is 0.411 e. The minimum atomic E-state index is -4.53. The quantitative estimate of drug-likeness (QED) is 0.916. The van der Waals surface area contributed by atoms with Gasteiger partial charge in [-0.25, -0.2) is 4.79 Å². The number of carbonyl (C=O) groups is 2. The lowest BCUT2D eigenvalue weighted by molar-refractivity contribution is -0.179. The van der Waals surface area contributed by atoms with Gasteiger partial charge < -0.3 is 14.7 Å². The van der Waals surface area contributed by atoms with Crippen LogP contribution in [0.25, 0.3) is 0 Å². The monoisotopic (exact) mass is 317 g/mol. The summed E-state index contributed by atoms with van der Waals surface area (Å²) in [5, 5.41) is 9.22. The number of alkyl halides is 3. The van der Waals surface area contributed by atoms with Crippen LogP contribution in [0, 0.1) is 0 Å². The van der Waals surface area contributed by atoms with Crippen molar-refractivity contribution in [1.82, 2.24) is 4.90 Å². The minimum Gasteiger partial charge on any atom is -0.480 e. The molecule has 8 heteroatoms. The van der Waals surface area contributed by atoms with Gasteiger partial charge in [0.2, 0.25) is 5.91 Å². The highest BCUT2D eigenvalue weighted by Crippen LogP contribution is 2.24. The molecule has 0 bridgehead atoms. The molecule has 0 radical (unpaired) electrons. The topological polar surface area (TPSA) is 66.8 Å². The second-order valence-corrected chi connectivity index (χ2v) is 4.96. The summed E-state index contributed by atoms with van der Waals surface area (Å²) in [5.41, 5.74) is 1.60. The molecule has 1 heterocycles. The van der Waals surface area contributed by atoms with Crippen molar-refractivity contribution >= 4 is 11.9 Å². The van der Waals surface area contributed by atoms with Gasteiger partial charge in [-0.1, -0.05) is 24.3 Å². The second-order valence-electron chi connectivity index (χ2n) is 4.96. The van der Waals surface area contributed by atoms with E-state index in [9.17, 15) is 27.9 Å². The summed E-state index contributed by atoms with van der Waals surface area (Å²) in [7, 11) is 0. The van der Waals surface area contributed by atoms with Gasteiger partial charge in [-0.3, -0.25) is 4.79 Å². The lowest BCUT2D eigenvalue weighted by atomic mass is 9.94. The molecular weight excluding hydrogens is 303 g/mol. The third-order valence-electron chi connectivity index (χ3n) is 3.35. The van der Waals surface area contributed by atoms with E-state index in [0.29, 0.717) is 0 Å². The number of rotatable bonds is 4. The lowest BCUT2D eigenvalue weighted by Crippen LogP contribution is -2.50. The molecule has 1 aromatic rings. The Morgan fingerprint density at radius 3 is 2.50 bits per heavy atom. The Morgan fingerprint density at radius 2 is 1.91 bits per heavy atom. The molecule has 1 aliphatic heterocycles. The average molecular weight is 317 g/mol. The maximum absolute atomic E-state index is 12.0. The van der Waals surface area contributed by atoms with Crippen molar-refractivity contribution in [2.45, 2.75) is 25.2 Å². The molecule has 22 heavy (non-hydrogen) atoms. The number of carbonyl (C=O) groups excluding carboxylic acids is 1. The van der Waals surface area contributed by atoms with Crippen molar-refractivity contribution in [1.29, 1.82) is 0 Å². The summed E-state index contributed by atoms with van der Waals surface area (Å²) in [4.78, 5) is 24.3. The van der Waals surface area contributed by atoms with Gasteiger partial charge in [0.05, 0.1) is 0 Å². The maximum atomic E-state index is 12.0. The molecule has 120 valence electrons. The van der Waals surface area contributed by atoms with Crippen molar-refractivity contribution in [3.8, 4) is 0 Å². The summed E-state index contributed by atoms with van der Waals surface area (Å²) in [6.45, 7) is -2.30. The summed E-state index contributed by atoms with van der Waals surface area (Å²) < 4.78 is 40.3. The zero-order valence-electron chi connectivity index (χ0n) is 11.5. The molecule has 2 rings (SSSR count). The molecule has 5 nitrogen and oxygen atoms in total. The molecule has 0 saturated carbocycles. The van der Waals surface area contributed by atoms with Crippen LogP contribution in [-0.2, 0) is 27.3 Å². The van der Waals surface area contributed by atoms with Crippen LogP contribution in [0.15, 0.2) is 24.3 Å². The Labute approximate surface area is 124 Å². The number of fused-ring (bicyclic) bond motifs is 1. The number of benzene rings is 1. The Morgan fingerprint density at radius 1 is 1.27 bits per heavy atom. The van der Waals surface area contributed by atoms with Gasteiger partial charge in [0.1, 0.15) is 19.3 Å². The molecule has 0 aromatic heterocycles. The predicted octanol–water partition coefficient (Wildman–Crippen LogP) is 1.60. The number of aliphatic carboxylic acids is 1. The van der Waals surface area contributed by atoms with E-state index in [1.54, 1.807) is 24.3 Å². The number of ether oxygens (including phenoxy) is 1.